The van der Waals surface area contributed by atoms with Gasteiger partial charge in [-0.15, -0.1) is 0 Å². The molecule has 0 spiro atoms. The Labute approximate surface area is 85.8 Å². The van der Waals surface area contributed by atoms with E-state index < -0.39 is 0 Å². The van der Waals surface area contributed by atoms with Crippen LogP contribution >= 0.6 is 0 Å². The van der Waals surface area contributed by atoms with E-state index in [-0.39, 0.29) is 12.2 Å². The van der Waals surface area contributed by atoms with Gasteiger partial charge < -0.3 is 9.47 Å². The smallest absolute Gasteiger partial charge is 0.162 e. The van der Waals surface area contributed by atoms with Gasteiger partial charge in [-0.05, 0) is 45.9 Å². The summed E-state index contributed by atoms with van der Waals surface area (Å²) in [4.78, 5) is 0. The molecule has 1 aromatic carbocycles. The predicted octanol–water partition coefficient (Wildman–Crippen LogP) is 3.06. The van der Waals surface area contributed by atoms with Crippen molar-refractivity contribution in [1.29, 1.82) is 0 Å². The molecule has 0 unspecified atom stereocenters. The molecule has 0 aromatic heterocycles. The van der Waals surface area contributed by atoms with Crippen molar-refractivity contribution in [3.63, 3.8) is 0 Å². The topological polar surface area (TPSA) is 18.5 Å². The largest absolute Gasteiger partial charge is 0.487 e. The van der Waals surface area contributed by atoms with Crippen molar-refractivity contribution >= 4 is 0 Å². The van der Waals surface area contributed by atoms with Crippen LogP contribution in [-0.2, 0) is 0 Å². The minimum absolute atomic E-state index is 0.153. The summed E-state index contributed by atoms with van der Waals surface area (Å²) in [6, 6.07) is 8.48. The molecule has 0 saturated carbocycles. The van der Waals surface area contributed by atoms with Crippen molar-refractivity contribution in [2.45, 2.75) is 39.9 Å². The highest BCUT2D eigenvalue weighted by Crippen LogP contribution is 2.27. The summed E-state index contributed by atoms with van der Waals surface area (Å²) in [5, 5.41) is 0. The van der Waals surface area contributed by atoms with Gasteiger partial charge in [0.2, 0.25) is 0 Å². The van der Waals surface area contributed by atoms with Gasteiger partial charge in [-0.1, -0.05) is 6.07 Å². The number of benzene rings is 1. The lowest BCUT2D eigenvalue weighted by atomic mass is 10.3. The Hall–Kier alpha value is -1.18. The lowest BCUT2D eigenvalue weighted by molar-refractivity contribution is 0.199. The predicted molar refractivity (Wildman–Crippen MR) is 56.8 cm³/mol. The highest BCUT2D eigenvalue weighted by molar-refractivity contribution is 5.39. The van der Waals surface area contributed by atoms with Gasteiger partial charge in [0.25, 0.3) is 0 Å². The Morgan fingerprint density at radius 1 is 1.00 bits per heavy atom. The second-order valence-corrected chi connectivity index (χ2v) is 3.71. The molecular formula is C12H17O2. The van der Waals surface area contributed by atoms with Crippen LogP contribution in [0.15, 0.2) is 18.2 Å². The summed E-state index contributed by atoms with van der Waals surface area (Å²) < 4.78 is 11.2. The first-order valence-electron chi connectivity index (χ1n) is 4.93. The van der Waals surface area contributed by atoms with E-state index in [0.29, 0.717) is 0 Å². The first-order chi connectivity index (χ1) is 6.59. The van der Waals surface area contributed by atoms with Crippen molar-refractivity contribution in [3.05, 3.63) is 24.3 Å². The number of hydrogen-bond donors (Lipinski definition) is 0. The summed E-state index contributed by atoms with van der Waals surface area (Å²) in [6.07, 6.45) is 0.312. The van der Waals surface area contributed by atoms with Crippen molar-refractivity contribution in [2.75, 3.05) is 0 Å². The maximum absolute atomic E-state index is 5.60. The molecule has 0 amide bonds. The Balaban J connectivity index is 2.80. The van der Waals surface area contributed by atoms with Crippen LogP contribution < -0.4 is 9.47 Å². The Bertz CT molecular complexity index is 250. The number of rotatable bonds is 4. The fraction of sp³-hybridized carbons (Fsp3) is 0.500. The van der Waals surface area contributed by atoms with E-state index >= 15 is 0 Å². The molecule has 2 heteroatoms. The van der Waals surface area contributed by atoms with Gasteiger partial charge in [0.15, 0.2) is 11.5 Å². The monoisotopic (exact) mass is 193 g/mol. The van der Waals surface area contributed by atoms with Gasteiger partial charge in [0, 0.05) is 0 Å². The zero-order valence-corrected chi connectivity index (χ0v) is 9.20. The van der Waals surface area contributed by atoms with E-state index in [0.717, 1.165) is 11.5 Å². The second-order valence-electron chi connectivity index (χ2n) is 3.71. The van der Waals surface area contributed by atoms with Gasteiger partial charge in [-0.3, -0.25) is 0 Å². The first kappa shape index (κ1) is 10.9. The molecule has 1 aromatic rings. The number of hydrogen-bond acceptors (Lipinski definition) is 2. The van der Waals surface area contributed by atoms with Crippen LogP contribution in [0, 0.1) is 6.07 Å². The fourth-order valence-electron chi connectivity index (χ4n) is 1.10. The van der Waals surface area contributed by atoms with Gasteiger partial charge >= 0.3 is 0 Å². The molecule has 0 atom stereocenters. The first-order valence-corrected chi connectivity index (χ1v) is 4.93. The zero-order valence-electron chi connectivity index (χ0n) is 9.20. The van der Waals surface area contributed by atoms with Crippen LogP contribution in [0.5, 0.6) is 11.5 Å². The van der Waals surface area contributed by atoms with Crippen molar-refractivity contribution < 1.29 is 9.47 Å². The minimum atomic E-state index is 0.153. The molecule has 2 nitrogen and oxygen atoms in total. The van der Waals surface area contributed by atoms with E-state index in [2.05, 4.69) is 6.07 Å². The van der Waals surface area contributed by atoms with Gasteiger partial charge in [0.05, 0.1) is 12.2 Å². The minimum Gasteiger partial charge on any atom is -0.487 e. The van der Waals surface area contributed by atoms with Gasteiger partial charge in [0.1, 0.15) is 0 Å². The van der Waals surface area contributed by atoms with Crippen LogP contribution in [0.2, 0.25) is 0 Å². The van der Waals surface area contributed by atoms with Gasteiger partial charge in [-0.2, -0.15) is 0 Å². The third kappa shape index (κ3) is 3.29. The van der Waals surface area contributed by atoms with E-state index in [4.69, 9.17) is 9.47 Å². The van der Waals surface area contributed by atoms with Crippen molar-refractivity contribution in [2.24, 2.45) is 0 Å². The average molecular weight is 193 g/mol. The third-order valence-corrected chi connectivity index (χ3v) is 1.51. The lowest BCUT2D eigenvalue weighted by Crippen LogP contribution is -2.10. The standard InChI is InChI=1S/C12H17O2/c1-9(2)13-11-7-5-6-8-12(11)14-10(3)4/h5,7-10H,1-4H3. The quantitative estimate of drug-likeness (QED) is 0.731. The van der Waals surface area contributed by atoms with Crippen LogP contribution in [0.1, 0.15) is 27.7 Å². The molecule has 0 saturated heterocycles. The summed E-state index contributed by atoms with van der Waals surface area (Å²) in [5.74, 6) is 1.55. The van der Waals surface area contributed by atoms with Crippen LogP contribution in [0.25, 0.3) is 0 Å². The van der Waals surface area contributed by atoms with Crippen LogP contribution in [0.4, 0.5) is 0 Å². The molecule has 0 bridgehead atoms. The lowest BCUT2D eigenvalue weighted by Gasteiger charge is -2.16. The highest BCUT2D eigenvalue weighted by atomic mass is 16.5. The molecular weight excluding hydrogens is 176 g/mol. The maximum Gasteiger partial charge on any atom is 0.162 e. The fourth-order valence-corrected chi connectivity index (χ4v) is 1.10. The summed E-state index contributed by atoms with van der Waals surface area (Å²) in [6.45, 7) is 7.98. The Kier molecular flexibility index (Phi) is 3.81. The highest BCUT2D eigenvalue weighted by Gasteiger charge is 2.06. The molecule has 1 radical (unpaired) electrons. The SMILES string of the molecule is CC(C)Oc1c[c]ccc1OC(C)C. The third-order valence-electron chi connectivity index (χ3n) is 1.51. The zero-order chi connectivity index (χ0) is 10.6. The Morgan fingerprint density at radius 3 is 2.14 bits per heavy atom. The van der Waals surface area contributed by atoms with E-state index in [1.165, 1.54) is 0 Å². The summed E-state index contributed by atoms with van der Waals surface area (Å²) in [5.41, 5.74) is 0. The molecule has 77 valence electrons. The molecule has 1 rings (SSSR count). The maximum atomic E-state index is 5.60. The number of ether oxygens (including phenoxy) is 2. The Morgan fingerprint density at radius 2 is 1.57 bits per heavy atom. The van der Waals surface area contributed by atoms with E-state index in [9.17, 15) is 0 Å². The molecule has 0 fully saturated rings. The van der Waals surface area contributed by atoms with Crippen molar-refractivity contribution in [3.8, 4) is 11.5 Å². The van der Waals surface area contributed by atoms with Crippen LogP contribution in [0.3, 0.4) is 0 Å². The molecule has 0 heterocycles. The average Bonchev–Trinajstić information content (AvgIpc) is 2.06. The summed E-state index contributed by atoms with van der Waals surface area (Å²) >= 11 is 0. The molecule has 0 aliphatic rings. The van der Waals surface area contributed by atoms with Crippen molar-refractivity contribution in [1.82, 2.24) is 0 Å². The second kappa shape index (κ2) is 4.89. The molecule has 14 heavy (non-hydrogen) atoms. The molecule has 0 aliphatic heterocycles. The van der Waals surface area contributed by atoms with E-state index in [1.807, 2.05) is 39.8 Å². The molecule has 0 aliphatic carbocycles. The van der Waals surface area contributed by atoms with Gasteiger partial charge in [-0.25, -0.2) is 0 Å². The normalized spacial score (nSPS) is 10.7. The van der Waals surface area contributed by atoms with Crippen LogP contribution in [-0.4, -0.2) is 12.2 Å². The summed E-state index contributed by atoms with van der Waals surface area (Å²) in [7, 11) is 0. The molecule has 0 N–H and O–H groups in total. The van der Waals surface area contributed by atoms with E-state index in [1.54, 1.807) is 6.07 Å².